The van der Waals surface area contributed by atoms with E-state index >= 15 is 0 Å². The average molecular weight is 301 g/mol. The molecule has 1 rings (SSSR count). The first-order valence-electron chi connectivity index (χ1n) is 4.87. The standard InChI is InChI=1S/C10H13BrN4O2/c11-7-1-2-8(14-3-7)4-15(5-9(12)16)6-10(13)17/h1-3H,4-6H2,(H2,12,16)(H2,13,17). The van der Waals surface area contributed by atoms with E-state index in [1.54, 1.807) is 17.2 Å². The summed E-state index contributed by atoms with van der Waals surface area (Å²) in [5.41, 5.74) is 10.9. The van der Waals surface area contributed by atoms with Gasteiger partial charge in [-0.1, -0.05) is 0 Å². The Kier molecular flexibility index (Phi) is 5.05. The van der Waals surface area contributed by atoms with Gasteiger partial charge in [-0.3, -0.25) is 19.5 Å². The smallest absolute Gasteiger partial charge is 0.231 e. The number of carbonyl (C=O) groups excluding carboxylic acids is 2. The summed E-state index contributed by atoms with van der Waals surface area (Å²) in [6.07, 6.45) is 1.64. The van der Waals surface area contributed by atoms with Crippen molar-refractivity contribution in [2.45, 2.75) is 6.54 Å². The van der Waals surface area contributed by atoms with Crippen molar-refractivity contribution in [3.05, 3.63) is 28.5 Å². The van der Waals surface area contributed by atoms with Crippen LogP contribution in [0.2, 0.25) is 0 Å². The fraction of sp³-hybridized carbons (Fsp3) is 0.300. The van der Waals surface area contributed by atoms with Crippen LogP contribution in [0.15, 0.2) is 22.8 Å². The number of amides is 2. The second-order valence-corrected chi connectivity index (χ2v) is 4.46. The molecule has 0 unspecified atom stereocenters. The van der Waals surface area contributed by atoms with Gasteiger partial charge in [0, 0.05) is 17.2 Å². The quantitative estimate of drug-likeness (QED) is 0.747. The first kappa shape index (κ1) is 13.6. The Bertz CT molecular complexity index is 391. The number of primary amides is 2. The average Bonchev–Trinajstić information content (AvgIpc) is 2.19. The van der Waals surface area contributed by atoms with Crippen molar-refractivity contribution in [2.75, 3.05) is 13.1 Å². The molecule has 0 fully saturated rings. The predicted molar refractivity (Wildman–Crippen MR) is 65.6 cm³/mol. The highest BCUT2D eigenvalue weighted by Crippen LogP contribution is 2.08. The Balaban J connectivity index is 2.67. The molecule has 2 amide bonds. The zero-order chi connectivity index (χ0) is 12.8. The second kappa shape index (κ2) is 6.31. The highest BCUT2D eigenvalue weighted by atomic mass is 79.9. The van der Waals surface area contributed by atoms with Gasteiger partial charge in [0.1, 0.15) is 0 Å². The molecule has 1 aromatic heterocycles. The van der Waals surface area contributed by atoms with Crippen molar-refractivity contribution >= 4 is 27.7 Å². The lowest BCUT2D eigenvalue weighted by Crippen LogP contribution is -2.39. The van der Waals surface area contributed by atoms with Crippen LogP contribution in [0.25, 0.3) is 0 Å². The van der Waals surface area contributed by atoms with E-state index in [1.165, 1.54) is 0 Å². The molecule has 6 nitrogen and oxygen atoms in total. The van der Waals surface area contributed by atoms with Crippen LogP contribution in [0, 0.1) is 0 Å². The normalized spacial score (nSPS) is 10.5. The Morgan fingerprint density at radius 3 is 2.24 bits per heavy atom. The van der Waals surface area contributed by atoms with Gasteiger partial charge in [0.25, 0.3) is 0 Å². The molecule has 7 heteroatoms. The lowest BCUT2D eigenvalue weighted by atomic mass is 10.3. The Morgan fingerprint density at radius 2 is 1.82 bits per heavy atom. The van der Waals surface area contributed by atoms with Crippen LogP contribution >= 0.6 is 15.9 Å². The van der Waals surface area contributed by atoms with Gasteiger partial charge in [-0.2, -0.15) is 0 Å². The Labute approximate surface area is 107 Å². The van der Waals surface area contributed by atoms with Crippen LogP contribution < -0.4 is 11.5 Å². The predicted octanol–water partition coefficient (Wildman–Crippen LogP) is -0.383. The van der Waals surface area contributed by atoms with E-state index in [0.29, 0.717) is 6.54 Å². The summed E-state index contributed by atoms with van der Waals surface area (Å²) in [7, 11) is 0. The lowest BCUT2D eigenvalue weighted by Gasteiger charge is -2.18. The van der Waals surface area contributed by atoms with Gasteiger partial charge in [-0.15, -0.1) is 0 Å². The number of carbonyl (C=O) groups is 2. The number of nitrogens with two attached hydrogens (primary N) is 2. The number of rotatable bonds is 6. The SMILES string of the molecule is NC(=O)CN(CC(N)=O)Cc1ccc(Br)cn1. The molecule has 1 aromatic rings. The molecule has 0 radical (unpaired) electrons. The fourth-order valence-corrected chi connectivity index (χ4v) is 1.57. The van der Waals surface area contributed by atoms with Gasteiger partial charge in [0.05, 0.1) is 18.8 Å². The van der Waals surface area contributed by atoms with Gasteiger partial charge >= 0.3 is 0 Å². The topological polar surface area (TPSA) is 102 Å². The maximum Gasteiger partial charge on any atom is 0.231 e. The number of aromatic nitrogens is 1. The van der Waals surface area contributed by atoms with Crippen LogP contribution in [0.5, 0.6) is 0 Å². The third kappa shape index (κ3) is 5.41. The fourth-order valence-electron chi connectivity index (χ4n) is 1.34. The first-order chi connectivity index (χ1) is 7.97. The van der Waals surface area contributed by atoms with E-state index in [4.69, 9.17) is 11.5 Å². The molecule has 0 aromatic carbocycles. The van der Waals surface area contributed by atoms with E-state index in [9.17, 15) is 9.59 Å². The molecule has 4 N–H and O–H groups in total. The van der Waals surface area contributed by atoms with Crippen molar-refractivity contribution < 1.29 is 9.59 Å². The van der Waals surface area contributed by atoms with Crippen LogP contribution in [0.3, 0.4) is 0 Å². The van der Waals surface area contributed by atoms with Gasteiger partial charge in [-0.25, -0.2) is 0 Å². The third-order valence-electron chi connectivity index (χ3n) is 1.93. The molecule has 92 valence electrons. The first-order valence-corrected chi connectivity index (χ1v) is 5.66. The molecule has 0 atom stereocenters. The van der Waals surface area contributed by atoms with E-state index in [2.05, 4.69) is 20.9 Å². The van der Waals surface area contributed by atoms with E-state index < -0.39 is 11.8 Å². The molecule has 0 aliphatic heterocycles. The minimum Gasteiger partial charge on any atom is -0.369 e. The summed E-state index contributed by atoms with van der Waals surface area (Å²) in [5.74, 6) is -1.02. The highest BCUT2D eigenvalue weighted by molar-refractivity contribution is 9.10. The largest absolute Gasteiger partial charge is 0.369 e. The van der Waals surface area contributed by atoms with Crippen LogP contribution in [0.1, 0.15) is 5.69 Å². The summed E-state index contributed by atoms with van der Waals surface area (Å²) in [6.45, 7) is 0.292. The van der Waals surface area contributed by atoms with Gasteiger partial charge in [0.2, 0.25) is 11.8 Å². The Morgan fingerprint density at radius 1 is 1.24 bits per heavy atom. The summed E-state index contributed by atoms with van der Waals surface area (Å²) in [6, 6.07) is 3.62. The highest BCUT2D eigenvalue weighted by Gasteiger charge is 2.12. The van der Waals surface area contributed by atoms with Crippen LogP contribution in [0.4, 0.5) is 0 Å². The molecular weight excluding hydrogens is 288 g/mol. The molecule has 0 aliphatic carbocycles. The molecule has 0 aliphatic rings. The maximum absolute atomic E-state index is 10.8. The molecule has 0 saturated heterocycles. The van der Waals surface area contributed by atoms with Gasteiger partial charge in [0.15, 0.2) is 0 Å². The molecular formula is C10H13BrN4O2. The van der Waals surface area contributed by atoms with Crippen molar-refractivity contribution in [3.8, 4) is 0 Å². The number of nitrogens with zero attached hydrogens (tertiary/aromatic N) is 2. The molecule has 0 saturated carbocycles. The summed E-state index contributed by atoms with van der Waals surface area (Å²) in [4.78, 5) is 27.4. The minimum atomic E-state index is -0.511. The summed E-state index contributed by atoms with van der Waals surface area (Å²) < 4.78 is 0.859. The molecule has 1 heterocycles. The van der Waals surface area contributed by atoms with E-state index in [0.717, 1.165) is 10.2 Å². The summed E-state index contributed by atoms with van der Waals surface area (Å²) in [5, 5.41) is 0. The van der Waals surface area contributed by atoms with Crippen molar-refractivity contribution in [2.24, 2.45) is 11.5 Å². The molecule has 0 bridgehead atoms. The molecule has 17 heavy (non-hydrogen) atoms. The minimum absolute atomic E-state index is 0.0271. The van der Waals surface area contributed by atoms with Gasteiger partial charge < -0.3 is 11.5 Å². The van der Waals surface area contributed by atoms with E-state index in [1.807, 2.05) is 6.07 Å². The third-order valence-corrected chi connectivity index (χ3v) is 2.40. The lowest BCUT2D eigenvalue weighted by molar-refractivity contribution is -0.122. The summed E-state index contributed by atoms with van der Waals surface area (Å²) >= 11 is 3.27. The zero-order valence-electron chi connectivity index (χ0n) is 9.10. The van der Waals surface area contributed by atoms with Gasteiger partial charge in [-0.05, 0) is 28.1 Å². The monoisotopic (exact) mass is 300 g/mol. The number of hydrogen-bond acceptors (Lipinski definition) is 4. The molecule has 0 spiro atoms. The number of hydrogen-bond donors (Lipinski definition) is 2. The van der Waals surface area contributed by atoms with Crippen molar-refractivity contribution in [1.29, 1.82) is 0 Å². The van der Waals surface area contributed by atoms with Crippen LogP contribution in [-0.4, -0.2) is 34.8 Å². The zero-order valence-corrected chi connectivity index (χ0v) is 10.7. The maximum atomic E-state index is 10.8. The Hall–Kier alpha value is -1.47. The van der Waals surface area contributed by atoms with Crippen LogP contribution in [-0.2, 0) is 16.1 Å². The van der Waals surface area contributed by atoms with E-state index in [-0.39, 0.29) is 13.1 Å². The van der Waals surface area contributed by atoms with Crippen molar-refractivity contribution in [3.63, 3.8) is 0 Å². The number of pyridine rings is 1. The number of halogens is 1. The second-order valence-electron chi connectivity index (χ2n) is 3.55. The van der Waals surface area contributed by atoms with Crippen molar-refractivity contribution in [1.82, 2.24) is 9.88 Å².